The largest absolute Gasteiger partial charge is 0.478 e. The number of hydrogen-bond acceptors (Lipinski definition) is 3. The van der Waals surface area contributed by atoms with E-state index >= 15 is 0 Å². The Hall–Kier alpha value is -1.78. The van der Waals surface area contributed by atoms with Gasteiger partial charge in [-0.05, 0) is 31.9 Å². The van der Waals surface area contributed by atoms with Crippen LogP contribution in [0, 0.1) is 11.7 Å². The number of aromatic carboxylic acids is 1. The Bertz CT molecular complexity index is 473. The van der Waals surface area contributed by atoms with Crippen LogP contribution in [0.2, 0.25) is 0 Å². The van der Waals surface area contributed by atoms with Gasteiger partial charge in [0.05, 0.1) is 11.3 Å². The molecular formula is C14H21FN2O2. The number of nitrogens with zero attached hydrogens (tertiary/aromatic N) is 1. The third kappa shape index (κ3) is 3.59. The Labute approximate surface area is 113 Å². The number of nitrogen functional groups attached to an aromatic ring is 1. The van der Waals surface area contributed by atoms with E-state index in [1.54, 1.807) is 0 Å². The number of nitrogens with two attached hydrogens (primary N) is 1. The van der Waals surface area contributed by atoms with E-state index in [2.05, 4.69) is 0 Å². The molecule has 1 aromatic rings. The molecule has 0 spiro atoms. The summed E-state index contributed by atoms with van der Waals surface area (Å²) >= 11 is 0. The van der Waals surface area contributed by atoms with Crippen molar-refractivity contribution in [2.24, 2.45) is 5.92 Å². The number of carboxylic acids is 1. The second kappa shape index (κ2) is 5.91. The molecule has 0 heterocycles. The molecule has 0 aromatic heterocycles. The summed E-state index contributed by atoms with van der Waals surface area (Å²) in [5, 5.41) is 9.06. The zero-order valence-corrected chi connectivity index (χ0v) is 11.8. The topological polar surface area (TPSA) is 66.6 Å². The first kappa shape index (κ1) is 15.3. The van der Waals surface area contributed by atoms with Crippen molar-refractivity contribution in [2.75, 3.05) is 17.2 Å². The van der Waals surface area contributed by atoms with Gasteiger partial charge in [0, 0.05) is 18.3 Å². The van der Waals surface area contributed by atoms with Gasteiger partial charge in [-0.1, -0.05) is 13.8 Å². The fraction of sp³-hybridized carbons (Fsp3) is 0.500. The Balaban J connectivity index is 3.29. The normalized spacial score (nSPS) is 11.1. The number of benzene rings is 1. The zero-order valence-electron chi connectivity index (χ0n) is 11.8. The number of halogens is 1. The van der Waals surface area contributed by atoms with Crippen LogP contribution in [-0.2, 0) is 0 Å². The van der Waals surface area contributed by atoms with Gasteiger partial charge in [0.15, 0.2) is 0 Å². The number of carbonyl (C=O) groups is 1. The van der Waals surface area contributed by atoms with Gasteiger partial charge in [0.2, 0.25) is 0 Å². The lowest BCUT2D eigenvalue weighted by Crippen LogP contribution is -2.35. The van der Waals surface area contributed by atoms with E-state index < -0.39 is 11.8 Å². The van der Waals surface area contributed by atoms with Crippen molar-refractivity contribution in [1.82, 2.24) is 0 Å². The maximum atomic E-state index is 14.0. The molecule has 0 atom stereocenters. The predicted molar refractivity (Wildman–Crippen MR) is 75.1 cm³/mol. The maximum Gasteiger partial charge on any atom is 0.337 e. The molecule has 4 nitrogen and oxygen atoms in total. The summed E-state index contributed by atoms with van der Waals surface area (Å²) in [6, 6.07) is 2.46. The highest BCUT2D eigenvalue weighted by Gasteiger charge is 2.20. The molecule has 0 saturated heterocycles. The van der Waals surface area contributed by atoms with E-state index in [0.29, 0.717) is 12.5 Å². The number of rotatable bonds is 5. The number of carboxylic acid groups (broad SMARTS) is 1. The summed E-state index contributed by atoms with van der Waals surface area (Å²) < 4.78 is 14.0. The Morgan fingerprint density at radius 2 is 1.95 bits per heavy atom. The molecule has 0 aliphatic carbocycles. The molecule has 3 N–H and O–H groups in total. The summed E-state index contributed by atoms with van der Waals surface area (Å²) in [4.78, 5) is 12.9. The average Bonchev–Trinajstić information content (AvgIpc) is 2.25. The van der Waals surface area contributed by atoms with E-state index in [1.807, 2.05) is 32.6 Å². The van der Waals surface area contributed by atoms with Gasteiger partial charge in [-0.3, -0.25) is 0 Å². The molecule has 19 heavy (non-hydrogen) atoms. The van der Waals surface area contributed by atoms with Crippen LogP contribution in [0.25, 0.3) is 0 Å². The molecule has 0 unspecified atom stereocenters. The predicted octanol–water partition coefficient (Wildman–Crippen LogP) is 2.98. The van der Waals surface area contributed by atoms with E-state index in [-0.39, 0.29) is 23.0 Å². The molecule has 1 rings (SSSR count). The molecule has 0 aliphatic rings. The van der Waals surface area contributed by atoms with E-state index in [0.717, 1.165) is 6.07 Å². The van der Waals surface area contributed by atoms with Gasteiger partial charge in [-0.25, -0.2) is 9.18 Å². The van der Waals surface area contributed by atoms with Crippen molar-refractivity contribution in [3.63, 3.8) is 0 Å². The van der Waals surface area contributed by atoms with Crippen LogP contribution >= 0.6 is 0 Å². The van der Waals surface area contributed by atoms with Crippen LogP contribution < -0.4 is 10.6 Å². The minimum absolute atomic E-state index is 0.0537. The van der Waals surface area contributed by atoms with E-state index in [9.17, 15) is 9.18 Å². The molecule has 0 amide bonds. The van der Waals surface area contributed by atoms with Crippen LogP contribution in [0.3, 0.4) is 0 Å². The van der Waals surface area contributed by atoms with Gasteiger partial charge in [-0.2, -0.15) is 0 Å². The van der Waals surface area contributed by atoms with Gasteiger partial charge in [0.25, 0.3) is 0 Å². The summed E-state index contributed by atoms with van der Waals surface area (Å²) in [5.41, 5.74) is 5.70. The highest BCUT2D eigenvalue weighted by atomic mass is 19.1. The number of hydrogen-bond donors (Lipinski definition) is 2. The minimum atomic E-state index is -1.15. The standard InChI is InChI=1S/C14H21FN2O2/c1-8(2)7-17(9(3)4)13-5-10(14(18)19)12(16)6-11(13)15/h5-6,8-9H,7,16H2,1-4H3,(H,18,19). The van der Waals surface area contributed by atoms with Crippen molar-refractivity contribution >= 4 is 17.3 Å². The summed E-state index contributed by atoms with van der Waals surface area (Å²) in [6.07, 6.45) is 0. The first-order valence-electron chi connectivity index (χ1n) is 6.33. The van der Waals surface area contributed by atoms with Crippen molar-refractivity contribution in [3.8, 4) is 0 Å². The van der Waals surface area contributed by atoms with Crippen LogP contribution in [0.5, 0.6) is 0 Å². The summed E-state index contributed by atoms with van der Waals surface area (Å²) in [5.74, 6) is -1.29. The molecule has 0 saturated carbocycles. The second-order valence-electron chi connectivity index (χ2n) is 5.34. The first-order valence-corrected chi connectivity index (χ1v) is 6.33. The summed E-state index contributed by atoms with van der Waals surface area (Å²) in [6.45, 7) is 8.60. The molecule has 0 bridgehead atoms. The molecule has 0 aliphatic heterocycles. The molecule has 106 valence electrons. The monoisotopic (exact) mass is 268 g/mol. The average molecular weight is 268 g/mol. The van der Waals surface area contributed by atoms with Gasteiger partial charge in [0.1, 0.15) is 5.82 Å². The van der Waals surface area contributed by atoms with Gasteiger partial charge in [-0.15, -0.1) is 0 Å². The van der Waals surface area contributed by atoms with Crippen molar-refractivity contribution in [1.29, 1.82) is 0 Å². The molecule has 0 radical (unpaired) electrons. The lowest BCUT2D eigenvalue weighted by Gasteiger charge is -2.31. The van der Waals surface area contributed by atoms with E-state index in [4.69, 9.17) is 10.8 Å². The Morgan fingerprint density at radius 3 is 2.37 bits per heavy atom. The fourth-order valence-electron chi connectivity index (χ4n) is 1.96. The lowest BCUT2D eigenvalue weighted by atomic mass is 10.1. The minimum Gasteiger partial charge on any atom is -0.478 e. The van der Waals surface area contributed by atoms with Crippen LogP contribution in [-0.4, -0.2) is 23.7 Å². The second-order valence-corrected chi connectivity index (χ2v) is 5.34. The smallest absolute Gasteiger partial charge is 0.337 e. The van der Waals surface area contributed by atoms with Gasteiger partial charge >= 0.3 is 5.97 Å². The van der Waals surface area contributed by atoms with Crippen LogP contribution in [0.15, 0.2) is 12.1 Å². The Morgan fingerprint density at radius 1 is 1.37 bits per heavy atom. The molecule has 0 fully saturated rings. The molecule has 1 aromatic carbocycles. The van der Waals surface area contributed by atoms with Crippen LogP contribution in [0.4, 0.5) is 15.8 Å². The van der Waals surface area contributed by atoms with Crippen molar-refractivity contribution < 1.29 is 14.3 Å². The summed E-state index contributed by atoms with van der Waals surface area (Å²) in [7, 11) is 0. The Kier molecular flexibility index (Phi) is 4.75. The quantitative estimate of drug-likeness (QED) is 0.806. The number of anilines is 2. The molecular weight excluding hydrogens is 247 g/mol. The SMILES string of the molecule is CC(C)CN(c1cc(C(=O)O)c(N)cc1F)C(C)C. The maximum absolute atomic E-state index is 14.0. The third-order valence-corrected chi connectivity index (χ3v) is 2.84. The van der Waals surface area contributed by atoms with Crippen molar-refractivity contribution in [2.45, 2.75) is 33.7 Å². The highest BCUT2D eigenvalue weighted by molar-refractivity contribution is 5.95. The molecule has 5 heteroatoms. The van der Waals surface area contributed by atoms with Gasteiger partial charge < -0.3 is 15.7 Å². The van der Waals surface area contributed by atoms with Crippen LogP contribution in [0.1, 0.15) is 38.1 Å². The first-order chi connectivity index (χ1) is 8.73. The fourth-order valence-corrected chi connectivity index (χ4v) is 1.96. The third-order valence-electron chi connectivity index (χ3n) is 2.84. The lowest BCUT2D eigenvalue weighted by molar-refractivity contribution is 0.0698. The highest BCUT2D eigenvalue weighted by Crippen LogP contribution is 2.27. The van der Waals surface area contributed by atoms with Crippen molar-refractivity contribution in [3.05, 3.63) is 23.5 Å². The zero-order chi connectivity index (χ0) is 14.7. The van der Waals surface area contributed by atoms with E-state index in [1.165, 1.54) is 6.07 Å².